The molecule has 0 N–H and O–H groups in total. The number of carbonyl (C=O) groups excluding carboxylic acids is 1. The van der Waals surface area contributed by atoms with Gasteiger partial charge in [0.05, 0.1) is 18.0 Å². The number of hydrogen-bond donors (Lipinski definition) is 0. The molecule has 0 saturated carbocycles. The van der Waals surface area contributed by atoms with E-state index in [1.807, 2.05) is 47.4 Å². The summed E-state index contributed by atoms with van der Waals surface area (Å²) in [6.45, 7) is 0.629. The third kappa shape index (κ3) is 2.69. The van der Waals surface area contributed by atoms with Gasteiger partial charge >= 0.3 is 0 Å². The summed E-state index contributed by atoms with van der Waals surface area (Å²) in [5.41, 5.74) is 2.15. The van der Waals surface area contributed by atoms with Crippen LogP contribution in [0.1, 0.15) is 5.56 Å². The average molecular weight is 334 g/mol. The number of rotatable bonds is 2. The molecule has 0 aromatic heterocycles. The molecule has 0 saturated heterocycles. The van der Waals surface area contributed by atoms with Crippen LogP contribution in [0.25, 0.3) is 0 Å². The second kappa shape index (κ2) is 5.39. The number of fused-ring (bicyclic) bond motifs is 1. The molecule has 0 fully saturated rings. The Hall–Kier alpha value is -1.26. The predicted molar refractivity (Wildman–Crippen MR) is 82.5 cm³/mol. The SMILES string of the molecule is O=C1CSc2ccc(Br)cc2N1Cc1ccccc1. The lowest BCUT2D eigenvalue weighted by Crippen LogP contribution is -2.34. The molecule has 2 aromatic rings. The van der Waals surface area contributed by atoms with Gasteiger partial charge in [0.25, 0.3) is 0 Å². The van der Waals surface area contributed by atoms with Crippen molar-refractivity contribution < 1.29 is 4.79 Å². The number of nitrogens with zero attached hydrogens (tertiary/aromatic N) is 1. The van der Waals surface area contributed by atoms with E-state index in [1.54, 1.807) is 11.8 Å². The number of benzene rings is 2. The Kier molecular flexibility index (Phi) is 3.62. The Morgan fingerprint density at radius 1 is 1.16 bits per heavy atom. The number of amides is 1. The molecule has 0 atom stereocenters. The minimum atomic E-state index is 0.166. The summed E-state index contributed by atoms with van der Waals surface area (Å²) < 4.78 is 1.000. The van der Waals surface area contributed by atoms with Crippen molar-refractivity contribution in [1.82, 2.24) is 0 Å². The molecule has 0 spiro atoms. The standard InChI is InChI=1S/C15H12BrNOS/c16-12-6-7-14-13(8-12)17(15(18)10-19-14)9-11-4-2-1-3-5-11/h1-8H,9-10H2. The highest BCUT2D eigenvalue weighted by atomic mass is 79.9. The van der Waals surface area contributed by atoms with E-state index in [-0.39, 0.29) is 5.91 Å². The summed E-state index contributed by atoms with van der Waals surface area (Å²) in [5.74, 6) is 0.682. The van der Waals surface area contributed by atoms with Gasteiger partial charge in [-0.25, -0.2) is 0 Å². The molecule has 1 aliphatic rings. The molecule has 4 heteroatoms. The van der Waals surface area contributed by atoms with E-state index in [0.717, 1.165) is 15.7 Å². The molecule has 1 amide bonds. The van der Waals surface area contributed by atoms with E-state index >= 15 is 0 Å². The lowest BCUT2D eigenvalue weighted by Gasteiger charge is -2.29. The van der Waals surface area contributed by atoms with Crippen molar-refractivity contribution in [2.75, 3.05) is 10.7 Å². The Labute approximate surface area is 124 Å². The molecule has 0 aliphatic carbocycles. The first-order valence-electron chi connectivity index (χ1n) is 6.01. The van der Waals surface area contributed by atoms with Crippen molar-refractivity contribution >= 4 is 39.3 Å². The smallest absolute Gasteiger partial charge is 0.237 e. The fourth-order valence-corrected chi connectivity index (χ4v) is 3.38. The Morgan fingerprint density at radius 3 is 2.74 bits per heavy atom. The third-order valence-corrected chi connectivity index (χ3v) is 4.59. The van der Waals surface area contributed by atoms with Crippen molar-refractivity contribution in [2.45, 2.75) is 11.4 Å². The predicted octanol–water partition coefficient (Wildman–Crippen LogP) is 4.09. The van der Waals surface area contributed by atoms with Gasteiger partial charge < -0.3 is 4.90 Å². The summed E-state index contributed by atoms with van der Waals surface area (Å²) in [7, 11) is 0. The van der Waals surface area contributed by atoms with Gasteiger partial charge in [-0.2, -0.15) is 0 Å². The molecule has 19 heavy (non-hydrogen) atoms. The maximum Gasteiger partial charge on any atom is 0.237 e. The maximum atomic E-state index is 12.2. The molecule has 0 radical (unpaired) electrons. The van der Waals surface area contributed by atoms with Crippen LogP contribution < -0.4 is 4.90 Å². The summed E-state index contributed by atoms with van der Waals surface area (Å²) in [6, 6.07) is 16.2. The highest BCUT2D eigenvalue weighted by Gasteiger charge is 2.24. The summed E-state index contributed by atoms with van der Waals surface area (Å²) in [6.07, 6.45) is 0. The van der Waals surface area contributed by atoms with Crippen LogP contribution in [0.4, 0.5) is 5.69 Å². The number of carbonyl (C=O) groups is 1. The summed E-state index contributed by atoms with van der Waals surface area (Å²) in [4.78, 5) is 15.2. The van der Waals surface area contributed by atoms with Crippen molar-refractivity contribution in [2.24, 2.45) is 0 Å². The van der Waals surface area contributed by atoms with Crippen LogP contribution in [0.3, 0.4) is 0 Å². The topological polar surface area (TPSA) is 20.3 Å². The third-order valence-electron chi connectivity index (χ3n) is 3.05. The molecule has 0 bridgehead atoms. The van der Waals surface area contributed by atoms with Gasteiger partial charge in [0.15, 0.2) is 0 Å². The van der Waals surface area contributed by atoms with Crippen LogP contribution in [0.15, 0.2) is 57.9 Å². The first-order valence-corrected chi connectivity index (χ1v) is 7.78. The first-order chi connectivity index (χ1) is 9.24. The number of halogens is 1. The molecule has 2 nitrogen and oxygen atoms in total. The molecule has 3 rings (SSSR count). The lowest BCUT2D eigenvalue weighted by atomic mass is 10.2. The molecule has 1 heterocycles. The normalized spacial score (nSPS) is 14.4. The molecule has 2 aromatic carbocycles. The van der Waals surface area contributed by atoms with Crippen molar-refractivity contribution in [1.29, 1.82) is 0 Å². The minimum absolute atomic E-state index is 0.166. The van der Waals surface area contributed by atoms with Crippen LogP contribution in [-0.2, 0) is 11.3 Å². The summed E-state index contributed by atoms with van der Waals surface area (Å²) in [5, 5.41) is 0. The molecular formula is C15H12BrNOS. The zero-order chi connectivity index (χ0) is 13.2. The van der Waals surface area contributed by atoms with E-state index in [2.05, 4.69) is 22.0 Å². The number of thioether (sulfide) groups is 1. The minimum Gasteiger partial charge on any atom is -0.306 e. The molecule has 0 unspecified atom stereocenters. The monoisotopic (exact) mass is 333 g/mol. The van der Waals surface area contributed by atoms with E-state index < -0.39 is 0 Å². The largest absolute Gasteiger partial charge is 0.306 e. The highest BCUT2D eigenvalue weighted by molar-refractivity contribution is 9.10. The van der Waals surface area contributed by atoms with Gasteiger partial charge in [0, 0.05) is 9.37 Å². The van der Waals surface area contributed by atoms with E-state index in [9.17, 15) is 4.79 Å². The van der Waals surface area contributed by atoms with Crippen LogP contribution in [0.5, 0.6) is 0 Å². The van der Waals surface area contributed by atoms with Gasteiger partial charge in [-0.1, -0.05) is 46.3 Å². The van der Waals surface area contributed by atoms with E-state index in [0.29, 0.717) is 12.3 Å². The van der Waals surface area contributed by atoms with Gasteiger partial charge in [-0.3, -0.25) is 4.79 Å². The Morgan fingerprint density at radius 2 is 1.95 bits per heavy atom. The van der Waals surface area contributed by atoms with E-state index in [1.165, 1.54) is 4.90 Å². The van der Waals surface area contributed by atoms with Crippen LogP contribution in [0, 0.1) is 0 Å². The second-order valence-corrected chi connectivity index (χ2v) is 6.30. The van der Waals surface area contributed by atoms with Crippen molar-refractivity contribution in [3.05, 3.63) is 58.6 Å². The van der Waals surface area contributed by atoms with E-state index in [4.69, 9.17) is 0 Å². The van der Waals surface area contributed by atoms with Gasteiger partial charge in [-0.15, -0.1) is 11.8 Å². The first kappa shape index (κ1) is 12.8. The van der Waals surface area contributed by atoms with Crippen LogP contribution >= 0.6 is 27.7 Å². The fourth-order valence-electron chi connectivity index (χ4n) is 2.11. The molecule has 1 aliphatic heterocycles. The summed E-state index contributed by atoms with van der Waals surface area (Å²) >= 11 is 5.08. The quantitative estimate of drug-likeness (QED) is 0.825. The van der Waals surface area contributed by atoms with Crippen LogP contribution in [0.2, 0.25) is 0 Å². The van der Waals surface area contributed by atoms with Gasteiger partial charge in [0.2, 0.25) is 5.91 Å². The Balaban J connectivity index is 1.97. The van der Waals surface area contributed by atoms with Crippen molar-refractivity contribution in [3.63, 3.8) is 0 Å². The second-order valence-electron chi connectivity index (χ2n) is 4.37. The molecule has 96 valence electrons. The zero-order valence-corrected chi connectivity index (χ0v) is 12.6. The van der Waals surface area contributed by atoms with Crippen molar-refractivity contribution in [3.8, 4) is 0 Å². The Bertz CT molecular complexity index is 615. The zero-order valence-electron chi connectivity index (χ0n) is 10.2. The van der Waals surface area contributed by atoms with Crippen LogP contribution in [-0.4, -0.2) is 11.7 Å². The highest BCUT2D eigenvalue weighted by Crippen LogP contribution is 2.37. The molecular weight excluding hydrogens is 322 g/mol. The average Bonchev–Trinajstić information content (AvgIpc) is 2.43. The maximum absolute atomic E-state index is 12.2. The van der Waals surface area contributed by atoms with Gasteiger partial charge in [-0.05, 0) is 23.8 Å². The number of hydrogen-bond acceptors (Lipinski definition) is 2. The number of anilines is 1. The fraction of sp³-hybridized carbons (Fsp3) is 0.133. The lowest BCUT2D eigenvalue weighted by molar-refractivity contribution is -0.116. The van der Waals surface area contributed by atoms with Gasteiger partial charge in [0.1, 0.15) is 0 Å².